The zero-order chi connectivity index (χ0) is 14.3. The molecule has 0 unspecified atom stereocenters. The highest BCUT2D eigenvalue weighted by molar-refractivity contribution is 5.87. The van der Waals surface area contributed by atoms with Crippen LogP contribution >= 0.6 is 0 Å². The number of carbonyl (C=O) groups is 2. The van der Waals surface area contributed by atoms with E-state index in [0.717, 1.165) is 0 Å². The van der Waals surface area contributed by atoms with Gasteiger partial charge in [-0.2, -0.15) is 0 Å². The van der Waals surface area contributed by atoms with Crippen LogP contribution < -0.4 is 11.1 Å². The van der Waals surface area contributed by atoms with Crippen molar-refractivity contribution < 1.29 is 9.59 Å². The van der Waals surface area contributed by atoms with Gasteiger partial charge in [0.25, 0.3) is 0 Å². The highest BCUT2D eigenvalue weighted by atomic mass is 16.2. The minimum Gasteiger partial charge on any atom is -0.346 e. The third-order valence-corrected chi connectivity index (χ3v) is 2.75. The second-order valence-corrected chi connectivity index (χ2v) is 5.31. The number of nitrogens with one attached hydrogen (secondary N) is 1. The molecule has 0 fully saturated rings. The minimum atomic E-state index is -0.557. The summed E-state index contributed by atoms with van der Waals surface area (Å²) < 4.78 is 0. The van der Waals surface area contributed by atoms with Crippen molar-refractivity contribution >= 4 is 11.8 Å². The highest BCUT2D eigenvalue weighted by Crippen LogP contribution is 2.00. The van der Waals surface area contributed by atoms with E-state index in [1.807, 2.05) is 20.8 Å². The van der Waals surface area contributed by atoms with Crippen molar-refractivity contribution in [3.8, 4) is 0 Å². The zero-order valence-corrected chi connectivity index (χ0v) is 12.2. The first kappa shape index (κ1) is 16.9. The van der Waals surface area contributed by atoms with E-state index in [4.69, 9.17) is 5.73 Å². The molecule has 0 saturated heterocycles. The smallest absolute Gasteiger partial charge is 0.241 e. The van der Waals surface area contributed by atoms with E-state index in [0.29, 0.717) is 19.0 Å². The molecule has 3 N–H and O–H groups in total. The van der Waals surface area contributed by atoms with Crippen LogP contribution in [0.1, 0.15) is 34.6 Å². The molecule has 1 atom stereocenters. The summed E-state index contributed by atoms with van der Waals surface area (Å²) in [6.07, 6.45) is 0. The number of amides is 2. The van der Waals surface area contributed by atoms with Gasteiger partial charge in [-0.3, -0.25) is 9.59 Å². The van der Waals surface area contributed by atoms with Gasteiger partial charge in [-0.1, -0.05) is 27.7 Å². The Morgan fingerprint density at radius 3 is 2.17 bits per heavy atom. The average molecular weight is 257 g/mol. The second kappa shape index (κ2) is 8.08. The summed E-state index contributed by atoms with van der Waals surface area (Å²) in [5.41, 5.74) is 5.70. The van der Waals surface area contributed by atoms with Crippen molar-refractivity contribution in [3.05, 3.63) is 0 Å². The summed E-state index contributed by atoms with van der Waals surface area (Å²) in [6, 6.07) is -0.557. The van der Waals surface area contributed by atoms with Gasteiger partial charge in [0, 0.05) is 13.1 Å². The number of nitrogens with zero attached hydrogens (tertiary/aromatic N) is 1. The third-order valence-electron chi connectivity index (χ3n) is 2.75. The van der Waals surface area contributed by atoms with Crippen molar-refractivity contribution in [2.45, 2.75) is 40.7 Å². The number of likely N-dealkylation sites (N-methyl/N-ethyl adjacent to an activating group) is 1. The number of nitrogens with two attached hydrogens (primary N) is 1. The molecule has 2 amide bonds. The van der Waals surface area contributed by atoms with E-state index in [2.05, 4.69) is 19.2 Å². The van der Waals surface area contributed by atoms with Gasteiger partial charge in [0.2, 0.25) is 11.8 Å². The quantitative estimate of drug-likeness (QED) is 0.701. The molecular formula is C13H27N3O2. The first-order valence-electron chi connectivity index (χ1n) is 6.60. The fourth-order valence-corrected chi connectivity index (χ4v) is 1.54. The maximum Gasteiger partial charge on any atom is 0.241 e. The molecule has 5 nitrogen and oxygen atoms in total. The van der Waals surface area contributed by atoms with E-state index in [9.17, 15) is 9.59 Å². The summed E-state index contributed by atoms with van der Waals surface area (Å²) in [6.45, 7) is 11.2. The van der Waals surface area contributed by atoms with E-state index >= 15 is 0 Å². The second-order valence-electron chi connectivity index (χ2n) is 5.31. The van der Waals surface area contributed by atoms with Crippen molar-refractivity contribution in [2.75, 3.05) is 19.6 Å². The lowest BCUT2D eigenvalue weighted by molar-refractivity contribution is -0.133. The van der Waals surface area contributed by atoms with Gasteiger partial charge in [0.15, 0.2) is 0 Å². The summed E-state index contributed by atoms with van der Waals surface area (Å²) >= 11 is 0. The molecule has 0 aromatic rings. The molecule has 0 spiro atoms. The van der Waals surface area contributed by atoms with Gasteiger partial charge in [-0.05, 0) is 18.8 Å². The first-order chi connectivity index (χ1) is 8.29. The standard InChI is InChI=1S/C13H27N3O2/c1-6-16(8-9(2)3)11(17)7-15-13(18)12(14)10(4)5/h9-10,12H,6-8,14H2,1-5H3,(H,15,18)/t12-/m0/s1. The summed E-state index contributed by atoms with van der Waals surface area (Å²) in [7, 11) is 0. The number of carbonyl (C=O) groups excluding carboxylic acids is 2. The highest BCUT2D eigenvalue weighted by Gasteiger charge is 2.19. The monoisotopic (exact) mass is 257 g/mol. The van der Waals surface area contributed by atoms with Gasteiger partial charge < -0.3 is 16.0 Å². The van der Waals surface area contributed by atoms with Crippen molar-refractivity contribution in [1.82, 2.24) is 10.2 Å². The van der Waals surface area contributed by atoms with Crippen molar-refractivity contribution in [3.63, 3.8) is 0 Å². The Kier molecular flexibility index (Phi) is 7.59. The van der Waals surface area contributed by atoms with Crippen LogP contribution in [0.25, 0.3) is 0 Å². The maximum absolute atomic E-state index is 11.9. The Morgan fingerprint density at radius 1 is 1.22 bits per heavy atom. The molecule has 18 heavy (non-hydrogen) atoms. The summed E-state index contributed by atoms with van der Waals surface area (Å²) in [5, 5.41) is 2.60. The Labute approximate surface area is 110 Å². The molecule has 0 saturated carbocycles. The molecule has 0 aliphatic heterocycles. The minimum absolute atomic E-state index is 0.0276. The molecule has 5 heteroatoms. The van der Waals surface area contributed by atoms with Crippen LogP contribution in [0.2, 0.25) is 0 Å². The molecule has 0 bridgehead atoms. The number of rotatable bonds is 7. The Hall–Kier alpha value is -1.10. The molecule has 0 aliphatic rings. The lowest BCUT2D eigenvalue weighted by Crippen LogP contribution is -2.48. The van der Waals surface area contributed by atoms with E-state index in [-0.39, 0.29) is 24.3 Å². The van der Waals surface area contributed by atoms with Gasteiger partial charge in [0.05, 0.1) is 12.6 Å². The number of hydrogen-bond acceptors (Lipinski definition) is 3. The van der Waals surface area contributed by atoms with Crippen molar-refractivity contribution in [2.24, 2.45) is 17.6 Å². The fraction of sp³-hybridized carbons (Fsp3) is 0.846. The van der Waals surface area contributed by atoms with Crippen LogP contribution in [0.4, 0.5) is 0 Å². The summed E-state index contributed by atoms with van der Waals surface area (Å²) in [5.74, 6) is 0.162. The average Bonchev–Trinajstić information content (AvgIpc) is 2.30. The van der Waals surface area contributed by atoms with Gasteiger partial charge in [-0.15, -0.1) is 0 Å². The molecule has 0 rings (SSSR count). The van der Waals surface area contributed by atoms with Gasteiger partial charge in [0.1, 0.15) is 0 Å². The zero-order valence-electron chi connectivity index (χ0n) is 12.2. The van der Waals surface area contributed by atoms with E-state index in [1.165, 1.54) is 0 Å². The third kappa shape index (κ3) is 6.00. The Balaban J connectivity index is 4.19. The Morgan fingerprint density at radius 2 is 1.78 bits per heavy atom. The van der Waals surface area contributed by atoms with Crippen LogP contribution in [0.15, 0.2) is 0 Å². The molecule has 106 valence electrons. The fourth-order valence-electron chi connectivity index (χ4n) is 1.54. The van der Waals surface area contributed by atoms with E-state index in [1.54, 1.807) is 4.90 Å². The summed E-state index contributed by atoms with van der Waals surface area (Å²) in [4.78, 5) is 25.2. The topological polar surface area (TPSA) is 75.4 Å². The molecule has 0 aliphatic carbocycles. The number of hydrogen-bond donors (Lipinski definition) is 2. The molecule has 0 aromatic heterocycles. The van der Waals surface area contributed by atoms with E-state index < -0.39 is 6.04 Å². The van der Waals surface area contributed by atoms with Crippen LogP contribution in [0, 0.1) is 11.8 Å². The molecule has 0 aromatic carbocycles. The molecule has 0 heterocycles. The van der Waals surface area contributed by atoms with Gasteiger partial charge >= 0.3 is 0 Å². The predicted octanol–water partition coefficient (Wildman–Crippen LogP) is 0.590. The molecular weight excluding hydrogens is 230 g/mol. The van der Waals surface area contributed by atoms with Crippen LogP contribution in [-0.2, 0) is 9.59 Å². The van der Waals surface area contributed by atoms with Crippen molar-refractivity contribution in [1.29, 1.82) is 0 Å². The normalized spacial score (nSPS) is 12.7. The predicted molar refractivity (Wildman–Crippen MR) is 72.9 cm³/mol. The van der Waals surface area contributed by atoms with Crippen LogP contribution in [0.3, 0.4) is 0 Å². The first-order valence-corrected chi connectivity index (χ1v) is 6.60. The SMILES string of the molecule is CCN(CC(C)C)C(=O)CNC(=O)[C@@H](N)C(C)C. The maximum atomic E-state index is 11.9. The van der Waals surface area contributed by atoms with Crippen LogP contribution in [-0.4, -0.2) is 42.4 Å². The molecule has 0 radical (unpaired) electrons. The lowest BCUT2D eigenvalue weighted by Gasteiger charge is -2.23. The Bertz CT molecular complexity index is 277. The lowest BCUT2D eigenvalue weighted by atomic mass is 10.1. The van der Waals surface area contributed by atoms with Gasteiger partial charge in [-0.25, -0.2) is 0 Å². The van der Waals surface area contributed by atoms with Crippen LogP contribution in [0.5, 0.6) is 0 Å². The largest absolute Gasteiger partial charge is 0.346 e.